The van der Waals surface area contributed by atoms with Crippen LogP contribution in [0.5, 0.6) is 0 Å². The monoisotopic (exact) mass is 322 g/mol. The minimum Gasteiger partial charge on any atom is -0.341 e. The molecule has 0 bridgehead atoms. The van der Waals surface area contributed by atoms with Crippen LogP contribution in [-0.4, -0.2) is 18.6 Å². The van der Waals surface area contributed by atoms with E-state index in [-0.39, 0.29) is 6.04 Å². The molecule has 24 heavy (non-hydrogen) atoms. The van der Waals surface area contributed by atoms with Gasteiger partial charge in [-0.25, -0.2) is 4.39 Å². The number of allylic oxidation sites excluding steroid dienone is 2. The van der Waals surface area contributed by atoms with Crippen molar-refractivity contribution < 1.29 is 9.18 Å². The molecular weight excluding hydrogens is 303 g/mol. The van der Waals surface area contributed by atoms with E-state index in [2.05, 4.69) is 29.3 Å². The topological polar surface area (TPSA) is 32.3 Å². The van der Waals surface area contributed by atoms with Crippen LogP contribution < -0.4 is 10.2 Å². The number of para-hydroxylation sites is 1. The number of rotatable bonds is 4. The first-order chi connectivity index (χ1) is 11.7. The van der Waals surface area contributed by atoms with Gasteiger partial charge >= 0.3 is 0 Å². The summed E-state index contributed by atoms with van der Waals surface area (Å²) < 4.78 is 12.5. The van der Waals surface area contributed by atoms with Gasteiger partial charge in [0.1, 0.15) is 0 Å². The van der Waals surface area contributed by atoms with Gasteiger partial charge in [-0.15, -0.1) is 0 Å². The van der Waals surface area contributed by atoms with Crippen molar-refractivity contribution in [3.63, 3.8) is 0 Å². The molecule has 0 saturated heterocycles. The highest BCUT2D eigenvalue weighted by Crippen LogP contribution is 2.31. The molecule has 3 nitrogen and oxygen atoms in total. The highest BCUT2D eigenvalue weighted by Gasteiger charge is 2.13. The summed E-state index contributed by atoms with van der Waals surface area (Å²) in [6.07, 6.45) is 8.21. The molecule has 0 spiro atoms. The number of alkyl halides is 1. The molecule has 1 unspecified atom stereocenters. The van der Waals surface area contributed by atoms with Crippen LogP contribution in [0.15, 0.2) is 73.0 Å². The number of halogens is 1. The highest BCUT2D eigenvalue weighted by molar-refractivity contribution is 5.96. The van der Waals surface area contributed by atoms with Crippen LogP contribution in [0.1, 0.15) is 6.92 Å². The lowest BCUT2D eigenvalue weighted by molar-refractivity contribution is -0.117. The summed E-state index contributed by atoms with van der Waals surface area (Å²) in [7, 11) is 0. The zero-order valence-corrected chi connectivity index (χ0v) is 13.4. The maximum absolute atomic E-state index is 12.5. The number of nitrogens with zero attached hydrogens (tertiary/aromatic N) is 1. The van der Waals surface area contributed by atoms with Crippen LogP contribution in [0.2, 0.25) is 0 Å². The van der Waals surface area contributed by atoms with E-state index in [1.165, 1.54) is 0 Å². The van der Waals surface area contributed by atoms with E-state index in [0.717, 1.165) is 16.8 Å². The van der Waals surface area contributed by atoms with Gasteiger partial charge in [0.05, 0.1) is 0 Å². The largest absolute Gasteiger partial charge is 0.341 e. The predicted molar refractivity (Wildman–Crippen MR) is 96.7 cm³/mol. The molecule has 4 heteroatoms. The van der Waals surface area contributed by atoms with Crippen LogP contribution in [-0.2, 0) is 4.79 Å². The van der Waals surface area contributed by atoms with Gasteiger partial charge in [-0.3, -0.25) is 4.79 Å². The summed E-state index contributed by atoms with van der Waals surface area (Å²) >= 11 is 0. The predicted octanol–water partition coefficient (Wildman–Crippen LogP) is 4.54. The minimum atomic E-state index is -1.03. The number of carbonyl (C=O) groups excluding carboxylic acids is 1. The van der Waals surface area contributed by atoms with Crippen molar-refractivity contribution in [1.82, 2.24) is 0 Å². The van der Waals surface area contributed by atoms with Crippen LogP contribution >= 0.6 is 0 Å². The second-order valence-electron chi connectivity index (χ2n) is 5.65. The first-order valence-electron chi connectivity index (χ1n) is 7.87. The van der Waals surface area contributed by atoms with Gasteiger partial charge in [0, 0.05) is 29.2 Å². The molecule has 1 heterocycles. The Kier molecular flexibility index (Phi) is 4.75. The number of benzene rings is 2. The number of carbonyl (C=O) groups is 1. The maximum atomic E-state index is 12.5. The van der Waals surface area contributed by atoms with Crippen molar-refractivity contribution in [2.45, 2.75) is 13.0 Å². The van der Waals surface area contributed by atoms with Gasteiger partial charge < -0.3 is 10.2 Å². The molecule has 1 aliphatic heterocycles. The van der Waals surface area contributed by atoms with Gasteiger partial charge in [-0.05, 0) is 36.8 Å². The lowest BCUT2D eigenvalue weighted by atomic mass is 10.0. The molecule has 3 rings (SSSR count). The molecule has 2 aromatic carbocycles. The number of amides is 1. The fourth-order valence-electron chi connectivity index (χ4n) is 2.78. The van der Waals surface area contributed by atoms with E-state index in [0.29, 0.717) is 5.69 Å². The van der Waals surface area contributed by atoms with Crippen molar-refractivity contribution in [3.05, 3.63) is 73.0 Å². The molecule has 122 valence electrons. The Morgan fingerprint density at radius 3 is 2.79 bits per heavy atom. The summed E-state index contributed by atoms with van der Waals surface area (Å²) in [6, 6.07) is 15.8. The lowest BCUT2D eigenvalue weighted by Crippen LogP contribution is -2.27. The number of nitrogens with one attached hydrogen (secondary N) is 1. The number of hydrogen-bond acceptors (Lipinski definition) is 2. The van der Waals surface area contributed by atoms with Crippen molar-refractivity contribution in [1.29, 1.82) is 0 Å². The number of anilines is 2. The first-order valence-corrected chi connectivity index (χ1v) is 7.87. The van der Waals surface area contributed by atoms with Gasteiger partial charge in [0.2, 0.25) is 0 Å². The fraction of sp³-hybridized carbons (Fsp3) is 0.150. The Labute approximate surface area is 141 Å². The molecule has 1 amide bonds. The average molecular weight is 322 g/mol. The van der Waals surface area contributed by atoms with Crippen molar-refractivity contribution in [3.8, 4) is 11.1 Å². The van der Waals surface area contributed by atoms with Crippen molar-refractivity contribution in [2.24, 2.45) is 0 Å². The van der Waals surface area contributed by atoms with Crippen LogP contribution in [0, 0.1) is 0 Å². The van der Waals surface area contributed by atoms with Gasteiger partial charge in [-0.1, -0.05) is 42.5 Å². The minimum absolute atomic E-state index is 0.270. The Morgan fingerprint density at radius 1 is 1.17 bits per heavy atom. The van der Waals surface area contributed by atoms with Crippen LogP contribution in [0.25, 0.3) is 11.1 Å². The summed E-state index contributed by atoms with van der Waals surface area (Å²) in [5.41, 5.74) is 3.51. The molecule has 0 fully saturated rings. The molecule has 1 aliphatic rings. The fourth-order valence-corrected chi connectivity index (χ4v) is 2.78. The standard InChI is InChI=1S/C20H19FN2O/c1-15-7-4-5-12-23(15)17-9-6-8-16(13-17)18-10-2-3-11-19(18)22-20(24)14-21/h2-13,15H,14H2,1H3,(H,22,24). The average Bonchev–Trinajstić information content (AvgIpc) is 2.62. The summed E-state index contributed by atoms with van der Waals surface area (Å²) in [5.74, 6) is -0.642. The lowest BCUT2D eigenvalue weighted by Gasteiger charge is -2.28. The third-order valence-electron chi connectivity index (χ3n) is 3.96. The first kappa shape index (κ1) is 16.0. The maximum Gasteiger partial charge on any atom is 0.255 e. The van der Waals surface area contributed by atoms with E-state index >= 15 is 0 Å². The molecular formula is C20H19FN2O. The third-order valence-corrected chi connectivity index (χ3v) is 3.96. The third kappa shape index (κ3) is 3.38. The quantitative estimate of drug-likeness (QED) is 0.896. The normalized spacial score (nSPS) is 16.2. The van der Waals surface area contributed by atoms with E-state index < -0.39 is 12.6 Å². The molecule has 1 N–H and O–H groups in total. The Hall–Kier alpha value is -2.88. The highest BCUT2D eigenvalue weighted by atomic mass is 19.1. The summed E-state index contributed by atoms with van der Waals surface area (Å²) in [6.45, 7) is 1.10. The van der Waals surface area contributed by atoms with E-state index in [1.807, 2.05) is 54.8 Å². The molecule has 0 radical (unpaired) electrons. The second kappa shape index (κ2) is 7.13. The van der Waals surface area contributed by atoms with E-state index in [4.69, 9.17) is 0 Å². The Bertz CT molecular complexity index is 798. The SMILES string of the molecule is CC1C=CC=CN1c1cccc(-c2ccccc2NC(=O)CF)c1. The zero-order valence-electron chi connectivity index (χ0n) is 13.4. The van der Waals surface area contributed by atoms with Gasteiger partial charge in [0.15, 0.2) is 6.67 Å². The van der Waals surface area contributed by atoms with Crippen LogP contribution in [0.4, 0.5) is 15.8 Å². The van der Waals surface area contributed by atoms with E-state index in [9.17, 15) is 9.18 Å². The van der Waals surface area contributed by atoms with E-state index in [1.54, 1.807) is 6.07 Å². The summed E-state index contributed by atoms with van der Waals surface area (Å²) in [4.78, 5) is 13.6. The van der Waals surface area contributed by atoms with Gasteiger partial charge in [-0.2, -0.15) is 0 Å². The zero-order chi connectivity index (χ0) is 16.9. The van der Waals surface area contributed by atoms with Crippen molar-refractivity contribution in [2.75, 3.05) is 16.9 Å². The molecule has 2 aromatic rings. The smallest absolute Gasteiger partial charge is 0.255 e. The molecule has 0 aromatic heterocycles. The number of hydrogen-bond donors (Lipinski definition) is 1. The van der Waals surface area contributed by atoms with Crippen molar-refractivity contribution >= 4 is 17.3 Å². The molecule has 1 atom stereocenters. The molecule has 0 aliphatic carbocycles. The van der Waals surface area contributed by atoms with Crippen LogP contribution in [0.3, 0.4) is 0 Å². The Balaban J connectivity index is 1.96. The summed E-state index contributed by atoms with van der Waals surface area (Å²) in [5, 5.41) is 2.61. The molecule has 0 saturated carbocycles. The van der Waals surface area contributed by atoms with Gasteiger partial charge in [0.25, 0.3) is 5.91 Å². The Morgan fingerprint density at radius 2 is 2.00 bits per heavy atom. The second-order valence-corrected chi connectivity index (χ2v) is 5.65.